The number of aromatic nitrogens is 2. The molecule has 0 atom stereocenters. The van der Waals surface area contributed by atoms with Gasteiger partial charge in [0.05, 0.1) is 29.9 Å². The van der Waals surface area contributed by atoms with Gasteiger partial charge in [-0.3, -0.25) is 9.36 Å². The number of hydrogen-bond acceptors (Lipinski definition) is 7. The van der Waals surface area contributed by atoms with Crippen LogP contribution in [0.1, 0.15) is 85.7 Å². The molecule has 2 N–H and O–H groups in total. The largest absolute Gasteiger partial charge is 0.459 e. The Bertz CT molecular complexity index is 1520. The molecule has 1 heterocycles. The highest BCUT2D eigenvalue weighted by molar-refractivity contribution is 7.71. The molecule has 42 heavy (non-hydrogen) atoms. The third kappa shape index (κ3) is 8.34. The maximum Gasteiger partial charge on any atom is 0.341 e. The molecule has 0 unspecified atom stereocenters. The van der Waals surface area contributed by atoms with Gasteiger partial charge in [0.1, 0.15) is 11.6 Å². The predicted molar refractivity (Wildman–Crippen MR) is 157 cm³/mol. The van der Waals surface area contributed by atoms with Gasteiger partial charge in [-0.05, 0) is 102 Å². The minimum absolute atomic E-state index is 0.0812. The lowest BCUT2D eigenvalue weighted by Crippen LogP contribution is -2.17. The third-order valence-electron chi connectivity index (χ3n) is 6.57. The number of nitrogens with zero attached hydrogens (tertiary/aromatic N) is 1. The summed E-state index contributed by atoms with van der Waals surface area (Å²) >= 11 is 5.31. The third-order valence-corrected chi connectivity index (χ3v) is 6.87. The summed E-state index contributed by atoms with van der Waals surface area (Å²) in [7, 11) is 0. The zero-order valence-corrected chi connectivity index (χ0v) is 24.9. The van der Waals surface area contributed by atoms with Gasteiger partial charge in [0.25, 0.3) is 0 Å². The van der Waals surface area contributed by atoms with E-state index in [0.717, 1.165) is 31.4 Å². The molecule has 1 aromatic heterocycles. The first-order valence-electron chi connectivity index (χ1n) is 14.0. The summed E-state index contributed by atoms with van der Waals surface area (Å²) in [5.41, 5.74) is 2.06. The van der Waals surface area contributed by atoms with Crippen molar-refractivity contribution in [3.8, 4) is 5.69 Å². The summed E-state index contributed by atoms with van der Waals surface area (Å²) in [5, 5.41) is 2.92. The molecule has 11 heteroatoms. The first-order chi connectivity index (χ1) is 19.9. The van der Waals surface area contributed by atoms with Crippen molar-refractivity contribution in [3.63, 3.8) is 0 Å². The van der Waals surface area contributed by atoms with Crippen LogP contribution in [0.5, 0.6) is 0 Å². The Morgan fingerprint density at radius 3 is 2.05 bits per heavy atom. The van der Waals surface area contributed by atoms with Crippen molar-refractivity contribution in [2.45, 2.75) is 71.5 Å². The minimum atomic E-state index is -0.699. The van der Waals surface area contributed by atoms with Crippen molar-refractivity contribution < 1.29 is 32.6 Å². The summed E-state index contributed by atoms with van der Waals surface area (Å²) < 4.78 is 39.8. The number of anilines is 1. The van der Waals surface area contributed by atoms with Crippen molar-refractivity contribution >= 4 is 35.6 Å². The van der Waals surface area contributed by atoms with Gasteiger partial charge in [-0.15, -0.1) is 0 Å². The number of halogens is 2. The van der Waals surface area contributed by atoms with Crippen LogP contribution in [-0.4, -0.2) is 46.0 Å². The Balaban J connectivity index is 0.000000194. The van der Waals surface area contributed by atoms with Gasteiger partial charge in [-0.25, -0.2) is 18.4 Å². The monoisotopic (exact) mass is 599 g/mol. The average molecular weight is 600 g/mol. The zero-order chi connectivity index (χ0) is 30.6. The standard InChI is InChI=1S/C16H17FN2O2S.C15H18FNO3/c1-9(2)21-15(20)12-7-11(5-6-13(12)17)19-8-14(10-3-4-10)18-16(19)22;1-9(2)20-15(19)12-7-11(5-6-13(12)16)17-8-14(18)10-3-4-10/h5-10H,3-4H2,1-2H3,(H,18,22);5-7,9-10,17H,3-4,8H2,1-2H3. The molecule has 2 aromatic carbocycles. The number of nitrogens with one attached hydrogen (secondary N) is 2. The normalized spacial score (nSPS) is 14.3. The molecule has 0 spiro atoms. The van der Waals surface area contributed by atoms with Gasteiger partial charge < -0.3 is 19.8 Å². The first-order valence-corrected chi connectivity index (χ1v) is 14.4. The summed E-state index contributed by atoms with van der Waals surface area (Å²) in [4.78, 5) is 38.4. The summed E-state index contributed by atoms with van der Waals surface area (Å²) in [6.45, 7) is 7.06. The number of imidazole rings is 1. The Kier molecular flexibility index (Phi) is 9.93. The highest BCUT2D eigenvalue weighted by atomic mass is 32.1. The topological polar surface area (TPSA) is 102 Å². The Hall–Kier alpha value is -3.86. The highest BCUT2D eigenvalue weighted by Crippen LogP contribution is 2.39. The van der Waals surface area contributed by atoms with Crippen molar-refractivity contribution in [3.05, 3.63) is 75.8 Å². The number of esters is 2. The van der Waals surface area contributed by atoms with E-state index in [1.807, 2.05) is 6.20 Å². The Morgan fingerprint density at radius 1 is 0.929 bits per heavy atom. The lowest BCUT2D eigenvalue weighted by atomic mass is 10.1. The number of aromatic amines is 1. The fourth-order valence-corrected chi connectivity index (χ4v) is 4.39. The number of ether oxygens (including phenoxy) is 2. The molecular weight excluding hydrogens is 564 g/mol. The second-order valence-corrected chi connectivity index (χ2v) is 11.4. The average Bonchev–Trinajstić information content (AvgIpc) is 3.85. The van der Waals surface area contributed by atoms with Crippen molar-refractivity contribution in [1.29, 1.82) is 0 Å². The van der Waals surface area contributed by atoms with Crippen molar-refractivity contribution in [2.75, 3.05) is 11.9 Å². The Labute approximate surface area is 248 Å². The van der Waals surface area contributed by atoms with Crippen LogP contribution in [0.15, 0.2) is 42.6 Å². The number of ketones is 1. The molecule has 2 fully saturated rings. The molecule has 2 aliphatic rings. The summed E-state index contributed by atoms with van der Waals surface area (Å²) in [5.74, 6) is -1.73. The fraction of sp³-hybridized carbons (Fsp3) is 0.419. The van der Waals surface area contributed by atoms with Gasteiger partial charge in [0, 0.05) is 35.1 Å². The molecule has 2 saturated carbocycles. The van der Waals surface area contributed by atoms with Crippen molar-refractivity contribution in [1.82, 2.24) is 9.55 Å². The first kappa shape index (κ1) is 31.1. The van der Waals surface area contributed by atoms with E-state index in [9.17, 15) is 23.2 Å². The molecule has 2 aliphatic carbocycles. The molecule has 0 aliphatic heterocycles. The number of benzene rings is 2. The molecule has 0 radical (unpaired) electrons. The minimum Gasteiger partial charge on any atom is -0.459 e. The van der Waals surface area contributed by atoms with Crippen LogP contribution in [0.4, 0.5) is 14.5 Å². The number of carbonyl (C=O) groups excluding carboxylic acids is 3. The molecule has 3 aromatic rings. The molecule has 0 saturated heterocycles. The highest BCUT2D eigenvalue weighted by Gasteiger charge is 2.29. The SMILES string of the molecule is CC(C)OC(=O)c1cc(-n2cc(C3CC3)[nH]c2=S)ccc1F.CC(C)OC(=O)c1cc(NCC(=O)C2CC2)ccc1F. The summed E-state index contributed by atoms with van der Waals surface area (Å²) in [6.07, 6.45) is 5.53. The van der Waals surface area contributed by atoms with Gasteiger partial charge in [0.2, 0.25) is 0 Å². The van der Waals surface area contributed by atoms with Gasteiger partial charge in [-0.2, -0.15) is 0 Å². The fourth-order valence-electron chi connectivity index (χ4n) is 4.11. The van der Waals surface area contributed by atoms with Crippen molar-refractivity contribution in [2.24, 2.45) is 5.92 Å². The lowest BCUT2D eigenvalue weighted by molar-refractivity contribution is -0.118. The van der Waals surface area contributed by atoms with E-state index in [1.54, 1.807) is 38.3 Å². The van der Waals surface area contributed by atoms with E-state index < -0.39 is 23.6 Å². The predicted octanol–water partition coefficient (Wildman–Crippen LogP) is 6.90. The maximum absolute atomic E-state index is 13.9. The van der Waals surface area contributed by atoms with E-state index in [1.165, 1.54) is 30.3 Å². The number of Topliss-reactive ketones (excluding diaryl/α,β-unsaturated/α-hetero) is 1. The van der Waals surface area contributed by atoms with Crippen LogP contribution >= 0.6 is 12.2 Å². The molecule has 0 bridgehead atoms. The zero-order valence-electron chi connectivity index (χ0n) is 24.0. The van der Waals surface area contributed by atoms with Crippen LogP contribution in [0.25, 0.3) is 5.69 Å². The van der Waals surface area contributed by atoms with Crippen LogP contribution in [0.3, 0.4) is 0 Å². The van der Waals surface area contributed by atoms with Gasteiger partial charge in [0.15, 0.2) is 10.6 Å². The molecule has 224 valence electrons. The van der Waals surface area contributed by atoms with E-state index in [2.05, 4.69) is 10.3 Å². The van der Waals surface area contributed by atoms with E-state index in [-0.39, 0.29) is 41.6 Å². The van der Waals surface area contributed by atoms with Crippen LogP contribution in [0.2, 0.25) is 0 Å². The van der Waals surface area contributed by atoms with E-state index >= 15 is 0 Å². The quantitative estimate of drug-likeness (QED) is 0.193. The van der Waals surface area contributed by atoms with Gasteiger partial charge >= 0.3 is 11.9 Å². The lowest BCUT2D eigenvalue weighted by Gasteiger charge is -2.11. The van der Waals surface area contributed by atoms with Gasteiger partial charge in [-0.1, -0.05) is 0 Å². The Morgan fingerprint density at radius 2 is 1.50 bits per heavy atom. The molecule has 0 amide bonds. The maximum atomic E-state index is 13.9. The number of carbonyl (C=O) groups is 3. The molecule has 5 rings (SSSR count). The number of H-pyrrole nitrogens is 1. The van der Waals surface area contributed by atoms with E-state index in [4.69, 9.17) is 21.7 Å². The number of hydrogen-bond donors (Lipinski definition) is 2. The second-order valence-electron chi connectivity index (χ2n) is 11.0. The molecule has 8 nitrogen and oxygen atoms in total. The second kappa shape index (κ2) is 13.4. The van der Waals surface area contributed by atoms with Crippen LogP contribution < -0.4 is 5.32 Å². The number of rotatable bonds is 10. The van der Waals surface area contributed by atoms with E-state index in [0.29, 0.717) is 22.1 Å². The molecular formula is C31H35F2N3O5S. The summed E-state index contributed by atoms with van der Waals surface area (Å²) in [6, 6.07) is 8.41. The van der Waals surface area contributed by atoms with Crippen LogP contribution in [-0.2, 0) is 14.3 Å². The van der Waals surface area contributed by atoms with Crippen LogP contribution in [0, 0.1) is 22.3 Å². The smallest absolute Gasteiger partial charge is 0.341 e.